The van der Waals surface area contributed by atoms with Crippen molar-refractivity contribution >= 4 is 68.0 Å². The number of anilines is 1. The van der Waals surface area contributed by atoms with Crippen LogP contribution in [0.4, 0.5) is 11.6 Å². The van der Waals surface area contributed by atoms with E-state index in [1.54, 1.807) is 17.0 Å². The van der Waals surface area contributed by atoms with Crippen LogP contribution in [-0.4, -0.2) is 35.6 Å². The molecule has 0 bridgehead atoms. The quantitative estimate of drug-likeness (QED) is 0.467. The van der Waals surface area contributed by atoms with Crippen molar-refractivity contribution in [3.63, 3.8) is 0 Å². The van der Waals surface area contributed by atoms with Crippen molar-refractivity contribution in [3.05, 3.63) is 50.5 Å². The summed E-state index contributed by atoms with van der Waals surface area (Å²) in [5.74, 6) is 1.50. The zero-order chi connectivity index (χ0) is 20.4. The molecule has 1 aromatic heterocycles. The Morgan fingerprint density at radius 1 is 1.24 bits per heavy atom. The lowest BCUT2D eigenvalue weighted by atomic mass is 10.1. The fraction of sp³-hybridized carbons (Fsp3) is 0.333. The summed E-state index contributed by atoms with van der Waals surface area (Å²) in [5.41, 5.74) is 0.707. The van der Waals surface area contributed by atoms with Crippen LogP contribution in [0, 0.1) is 0 Å². The van der Waals surface area contributed by atoms with Gasteiger partial charge in [-0.1, -0.05) is 11.6 Å². The Kier molecular flexibility index (Phi) is 6.37. The smallest absolute Gasteiger partial charge is 0.266 e. The first-order valence-corrected chi connectivity index (χ1v) is 11.6. The van der Waals surface area contributed by atoms with Gasteiger partial charge in [-0.3, -0.25) is 9.69 Å². The van der Waals surface area contributed by atoms with Gasteiger partial charge in [0, 0.05) is 36.2 Å². The first kappa shape index (κ1) is 20.6. The number of benzene rings is 1. The van der Waals surface area contributed by atoms with Crippen molar-refractivity contribution in [1.82, 2.24) is 4.90 Å². The second-order valence-electron chi connectivity index (χ2n) is 6.88. The Morgan fingerprint density at radius 3 is 2.76 bits per heavy atom. The Morgan fingerprint density at radius 2 is 2.03 bits per heavy atom. The third-order valence-electron chi connectivity index (χ3n) is 4.89. The first-order chi connectivity index (χ1) is 14.0. The lowest BCUT2D eigenvalue weighted by Crippen LogP contribution is -2.28. The molecule has 152 valence electrons. The average Bonchev–Trinajstić information content (AvgIpc) is 3.30. The fourth-order valence-corrected chi connectivity index (χ4v) is 4.83. The maximum Gasteiger partial charge on any atom is 0.266 e. The highest BCUT2D eigenvalue weighted by Crippen LogP contribution is 2.36. The zero-order valence-electron chi connectivity index (χ0n) is 16.0. The van der Waals surface area contributed by atoms with Gasteiger partial charge >= 0.3 is 0 Å². The number of amides is 1. The average molecular weight is 495 g/mol. The Balaban J connectivity index is 1.57. The molecule has 2 fully saturated rings. The van der Waals surface area contributed by atoms with Gasteiger partial charge in [-0.05, 0) is 78.1 Å². The van der Waals surface area contributed by atoms with Gasteiger partial charge in [0.25, 0.3) is 5.91 Å². The Hall–Kier alpha value is -1.70. The Bertz CT molecular complexity index is 982. The second kappa shape index (κ2) is 8.98. The predicted octanol–water partition coefficient (Wildman–Crippen LogP) is 6.31. The zero-order valence-corrected chi connectivity index (χ0v) is 19.2. The molecule has 3 heterocycles. The van der Waals surface area contributed by atoms with Gasteiger partial charge in [0.2, 0.25) is 0 Å². The molecule has 0 aliphatic carbocycles. The van der Waals surface area contributed by atoms with Crippen LogP contribution in [0.25, 0.3) is 6.08 Å². The van der Waals surface area contributed by atoms with Crippen molar-refractivity contribution in [2.45, 2.75) is 26.2 Å². The fourth-order valence-electron chi connectivity index (χ4n) is 3.37. The van der Waals surface area contributed by atoms with E-state index in [4.69, 9.17) is 16.0 Å². The molecule has 0 radical (unpaired) electrons. The van der Waals surface area contributed by atoms with E-state index in [2.05, 4.69) is 25.8 Å². The van der Waals surface area contributed by atoms with Crippen molar-refractivity contribution in [2.24, 2.45) is 4.99 Å². The number of rotatable bonds is 4. The van der Waals surface area contributed by atoms with Crippen LogP contribution in [0.15, 0.2) is 49.1 Å². The molecule has 2 aromatic rings. The van der Waals surface area contributed by atoms with E-state index in [1.165, 1.54) is 31.0 Å². The number of furan rings is 1. The molecular weight excluding hydrogens is 474 g/mol. The maximum atomic E-state index is 12.8. The minimum absolute atomic E-state index is 0.0598. The topological polar surface area (TPSA) is 49.1 Å². The monoisotopic (exact) mass is 493 g/mol. The van der Waals surface area contributed by atoms with E-state index in [0.717, 1.165) is 23.4 Å². The normalized spacial score (nSPS) is 20.3. The summed E-state index contributed by atoms with van der Waals surface area (Å²) in [7, 11) is 0. The van der Waals surface area contributed by atoms with Gasteiger partial charge in [-0.15, -0.1) is 0 Å². The lowest BCUT2D eigenvalue weighted by Gasteiger charge is -2.25. The van der Waals surface area contributed by atoms with Gasteiger partial charge in [-0.25, -0.2) is 4.99 Å². The molecular formula is C21H21BrClN3O2S. The number of carbonyl (C=O) groups excluding carboxylic acids is 1. The predicted molar refractivity (Wildman–Crippen MR) is 124 cm³/mol. The highest BCUT2D eigenvalue weighted by molar-refractivity contribution is 9.10. The second-order valence-corrected chi connectivity index (χ2v) is 9.15. The van der Waals surface area contributed by atoms with Crippen LogP contribution in [0.2, 0.25) is 5.02 Å². The number of carbonyl (C=O) groups is 1. The highest BCUT2D eigenvalue weighted by Gasteiger charge is 2.32. The van der Waals surface area contributed by atoms with Gasteiger partial charge in [-0.2, -0.15) is 0 Å². The summed E-state index contributed by atoms with van der Waals surface area (Å²) in [4.78, 5) is 22.0. The number of likely N-dealkylation sites (N-methyl/N-ethyl adjacent to an activating group) is 1. The summed E-state index contributed by atoms with van der Waals surface area (Å²) in [6, 6.07) is 9.39. The molecule has 0 N–H and O–H groups in total. The molecule has 2 aliphatic heterocycles. The van der Waals surface area contributed by atoms with Crippen molar-refractivity contribution in [1.29, 1.82) is 0 Å². The molecule has 2 aliphatic rings. The first-order valence-electron chi connectivity index (χ1n) is 9.65. The highest BCUT2D eigenvalue weighted by atomic mass is 79.9. The number of nitrogens with zero attached hydrogens (tertiary/aromatic N) is 3. The molecule has 0 atom stereocenters. The van der Waals surface area contributed by atoms with E-state index in [0.29, 0.717) is 33.1 Å². The van der Waals surface area contributed by atoms with Crippen molar-refractivity contribution in [2.75, 3.05) is 24.5 Å². The molecule has 5 nitrogen and oxygen atoms in total. The standard InChI is InChI=1S/C21H21BrClN3O2S/c1-2-26-20(27)18(29-21(26)24-14-6-8-16(22)17(23)12-14)13-15-7-9-19(28-15)25-10-4-3-5-11-25/h6-9,12-13H,2-5,10-11H2,1H3/b18-13-,24-21?. The van der Waals surface area contributed by atoms with E-state index < -0.39 is 0 Å². The lowest BCUT2D eigenvalue weighted by molar-refractivity contribution is -0.122. The molecule has 0 unspecified atom stereocenters. The van der Waals surface area contributed by atoms with E-state index >= 15 is 0 Å². The van der Waals surface area contributed by atoms with Crippen LogP contribution in [0.5, 0.6) is 0 Å². The number of hydrogen-bond acceptors (Lipinski definition) is 5. The molecule has 1 amide bonds. The van der Waals surface area contributed by atoms with E-state index in [-0.39, 0.29) is 5.91 Å². The van der Waals surface area contributed by atoms with Crippen LogP contribution in [-0.2, 0) is 4.79 Å². The molecule has 8 heteroatoms. The summed E-state index contributed by atoms with van der Waals surface area (Å²) < 4.78 is 6.80. The number of hydrogen-bond donors (Lipinski definition) is 0. The van der Waals surface area contributed by atoms with Crippen molar-refractivity contribution < 1.29 is 9.21 Å². The largest absolute Gasteiger partial charge is 0.441 e. The molecule has 1 aromatic carbocycles. The summed E-state index contributed by atoms with van der Waals surface area (Å²) in [6.07, 6.45) is 5.46. The van der Waals surface area contributed by atoms with E-state index in [1.807, 2.05) is 31.2 Å². The summed E-state index contributed by atoms with van der Waals surface area (Å²) in [6.45, 7) is 4.52. The molecule has 4 rings (SSSR count). The third-order valence-corrected chi connectivity index (χ3v) is 7.13. The van der Waals surface area contributed by atoms with Gasteiger partial charge < -0.3 is 9.32 Å². The van der Waals surface area contributed by atoms with Crippen molar-refractivity contribution in [3.8, 4) is 0 Å². The third kappa shape index (κ3) is 4.57. The molecule has 0 spiro atoms. The SMILES string of the molecule is CCN1C(=O)/C(=C/c2ccc(N3CCCCC3)o2)SC1=Nc1ccc(Br)c(Cl)c1. The Labute approximate surface area is 187 Å². The molecule has 0 saturated carbocycles. The van der Waals surface area contributed by atoms with Gasteiger partial charge in [0.1, 0.15) is 5.76 Å². The van der Waals surface area contributed by atoms with Gasteiger partial charge in [0.15, 0.2) is 11.1 Å². The minimum Gasteiger partial charge on any atom is -0.441 e. The molecule has 29 heavy (non-hydrogen) atoms. The van der Waals surface area contributed by atoms with Crippen LogP contribution >= 0.6 is 39.3 Å². The number of amidine groups is 1. The number of thioether (sulfide) groups is 1. The summed E-state index contributed by atoms with van der Waals surface area (Å²) >= 11 is 10.9. The minimum atomic E-state index is -0.0598. The number of halogens is 2. The number of piperidine rings is 1. The van der Waals surface area contributed by atoms with Crippen LogP contribution in [0.1, 0.15) is 31.9 Å². The molecule has 2 saturated heterocycles. The summed E-state index contributed by atoms with van der Waals surface area (Å²) in [5, 5.41) is 1.23. The maximum absolute atomic E-state index is 12.8. The van der Waals surface area contributed by atoms with Gasteiger partial charge in [0.05, 0.1) is 15.6 Å². The number of aliphatic imine (C=N–C) groups is 1. The van der Waals surface area contributed by atoms with E-state index in [9.17, 15) is 4.79 Å². The van der Waals surface area contributed by atoms with Crippen LogP contribution < -0.4 is 4.90 Å². The van der Waals surface area contributed by atoms with Crippen LogP contribution in [0.3, 0.4) is 0 Å².